The molecule has 0 atom stereocenters. The fraction of sp³-hybridized carbons (Fsp3) is 0.417. The Labute approximate surface area is 105 Å². The van der Waals surface area contributed by atoms with Crippen molar-refractivity contribution < 1.29 is 23.7 Å². The number of hydrogen-bond acceptors (Lipinski definition) is 5. The van der Waals surface area contributed by atoms with Crippen LogP contribution in [0.4, 0.5) is 4.79 Å². The van der Waals surface area contributed by atoms with Crippen LogP contribution in [0.1, 0.15) is 5.56 Å². The third kappa shape index (κ3) is 2.58. The fourth-order valence-corrected chi connectivity index (χ4v) is 1.71. The monoisotopic (exact) mass is 253 g/mol. The molecule has 98 valence electrons. The second kappa shape index (κ2) is 5.48. The van der Waals surface area contributed by atoms with Gasteiger partial charge < -0.3 is 24.3 Å². The van der Waals surface area contributed by atoms with Crippen LogP contribution in [0.2, 0.25) is 0 Å². The van der Waals surface area contributed by atoms with Crippen LogP contribution in [0.25, 0.3) is 0 Å². The Morgan fingerprint density at radius 3 is 2.94 bits per heavy atom. The molecule has 6 heteroatoms. The van der Waals surface area contributed by atoms with Gasteiger partial charge in [0, 0.05) is 6.54 Å². The molecule has 0 unspecified atom stereocenters. The predicted molar refractivity (Wildman–Crippen MR) is 63.2 cm³/mol. The van der Waals surface area contributed by atoms with E-state index in [-0.39, 0.29) is 6.79 Å². The van der Waals surface area contributed by atoms with E-state index in [1.807, 2.05) is 12.1 Å². The number of methoxy groups -OCH3 is 2. The number of amides is 1. The molecule has 0 radical (unpaired) electrons. The van der Waals surface area contributed by atoms with E-state index in [0.29, 0.717) is 30.2 Å². The Morgan fingerprint density at radius 2 is 2.22 bits per heavy atom. The van der Waals surface area contributed by atoms with Gasteiger partial charge in [0.2, 0.25) is 12.5 Å². The highest BCUT2D eigenvalue weighted by molar-refractivity contribution is 5.66. The molecule has 6 nitrogen and oxygen atoms in total. The van der Waals surface area contributed by atoms with Gasteiger partial charge in [0.1, 0.15) is 0 Å². The number of rotatable bonds is 4. The number of fused-ring (bicyclic) bond motifs is 1. The molecular weight excluding hydrogens is 238 g/mol. The third-order valence-electron chi connectivity index (χ3n) is 2.59. The Bertz CT molecular complexity index is 446. The van der Waals surface area contributed by atoms with Gasteiger partial charge in [0.05, 0.1) is 14.2 Å². The number of hydrogen-bond donors (Lipinski definition) is 1. The molecule has 0 saturated heterocycles. The molecule has 0 bridgehead atoms. The van der Waals surface area contributed by atoms with Crippen molar-refractivity contribution in [3.8, 4) is 17.2 Å². The van der Waals surface area contributed by atoms with E-state index < -0.39 is 6.09 Å². The summed E-state index contributed by atoms with van der Waals surface area (Å²) in [7, 11) is 2.91. The smallest absolute Gasteiger partial charge is 0.406 e. The molecule has 1 aromatic rings. The van der Waals surface area contributed by atoms with Gasteiger partial charge in [-0.05, 0) is 24.1 Å². The van der Waals surface area contributed by atoms with Gasteiger partial charge in [-0.25, -0.2) is 4.79 Å². The number of ether oxygens (including phenoxy) is 4. The maximum absolute atomic E-state index is 10.9. The number of benzene rings is 1. The van der Waals surface area contributed by atoms with Crippen LogP contribution >= 0.6 is 0 Å². The lowest BCUT2D eigenvalue weighted by Crippen LogP contribution is -2.25. The Hall–Kier alpha value is -2.11. The summed E-state index contributed by atoms with van der Waals surface area (Å²) in [5, 5.41) is 2.61. The van der Waals surface area contributed by atoms with Gasteiger partial charge in [-0.15, -0.1) is 0 Å². The van der Waals surface area contributed by atoms with Gasteiger partial charge in [-0.3, -0.25) is 0 Å². The summed E-state index contributed by atoms with van der Waals surface area (Å²) in [5.41, 5.74) is 0.993. The lowest BCUT2D eigenvalue weighted by Gasteiger charge is -2.08. The van der Waals surface area contributed by atoms with E-state index >= 15 is 0 Å². The SMILES string of the molecule is COC(=O)NCCc1cc(OC)c2c(c1)OCO2. The molecule has 2 rings (SSSR count). The molecule has 1 heterocycles. The van der Waals surface area contributed by atoms with Crippen molar-refractivity contribution in [2.75, 3.05) is 27.6 Å². The minimum absolute atomic E-state index is 0.204. The molecule has 0 spiro atoms. The first-order valence-corrected chi connectivity index (χ1v) is 5.53. The predicted octanol–water partition coefficient (Wildman–Crippen LogP) is 1.32. The standard InChI is InChI=1S/C12H15NO5/c1-15-9-5-8(3-4-13-12(14)16-2)6-10-11(9)18-7-17-10/h5-6H,3-4,7H2,1-2H3,(H,13,14). The molecule has 1 N–H and O–H groups in total. The van der Waals surface area contributed by atoms with Gasteiger partial charge in [-0.1, -0.05) is 0 Å². The van der Waals surface area contributed by atoms with Gasteiger partial charge in [0.15, 0.2) is 11.5 Å². The van der Waals surface area contributed by atoms with E-state index in [9.17, 15) is 4.79 Å². The molecule has 1 aliphatic heterocycles. The summed E-state index contributed by atoms with van der Waals surface area (Å²) in [6.07, 6.45) is 0.213. The first-order chi connectivity index (χ1) is 8.74. The van der Waals surface area contributed by atoms with Crippen LogP contribution in [0, 0.1) is 0 Å². The molecule has 1 aromatic carbocycles. The molecule has 0 aliphatic carbocycles. The van der Waals surface area contributed by atoms with Crippen LogP contribution in [0.15, 0.2) is 12.1 Å². The van der Waals surface area contributed by atoms with E-state index in [1.165, 1.54) is 7.11 Å². The molecule has 18 heavy (non-hydrogen) atoms. The maximum Gasteiger partial charge on any atom is 0.406 e. The van der Waals surface area contributed by atoms with E-state index in [0.717, 1.165) is 5.56 Å². The zero-order valence-electron chi connectivity index (χ0n) is 10.3. The summed E-state index contributed by atoms with van der Waals surface area (Å²) in [4.78, 5) is 10.9. The van der Waals surface area contributed by atoms with Crippen LogP contribution in [-0.2, 0) is 11.2 Å². The quantitative estimate of drug-likeness (QED) is 0.876. The molecule has 0 fully saturated rings. The average Bonchev–Trinajstić information content (AvgIpc) is 2.85. The van der Waals surface area contributed by atoms with Crippen molar-refractivity contribution in [1.29, 1.82) is 0 Å². The minimum atomic E-state index is -0.442. The van der Waals surface area contributed by atoms with Crippen molar-refractivity contribution in [2.45, 2.75) is 6.42 Å². The van der Waals surface area contributed by atoms with Crippen LogP contribution in [0.3, 0.4) is 0 Å². The topological polar surface area (TPSA) is 66.0 Å². The lowest BCUT2D eigenvalue weighted by molar-refractivity contribution is 0.171. The normalized spacial score (nSPS) is 12.1. The molecular formula is C12H15NO5. The highest BCUT2D eigenvalue weighted by Crippen LogP contribution is 2.41. The van der Waals surface area contributed by atoms with E-state index in [2.05, 4.69) is 10.1 Å². The highest BCUT2D eigenvalue weighted by atomic mass is 16.7. The van der Waals surface area contributed by atoms with E-state index in [4.69, 9.17) is 14.2 Å². The van der Waals surface area contributed by atoms with Crippen molar-refractivity contribution in [2.24, 2.45) is 0 Å². The zero-order chi connectivity index (χ0) is 13.0. The lowest BCUT2D eigenvalue weighted by atomic mass is 10.1. The summed E-state index contributed by atoms with van der Waals surface area (Å²) in [6.45, 7) is 0.686. The maximum atomic E-state index is 10.9. The van der Waals surface area contributed by atoms with Crippen molar-refractivity contribution in [1.82, 2.24) is 5.32 Å². The van der Waals surface area contributed by atoms with Gasteiger partial charge in [0.25, 0.3) is 0 Å². The second-order valence-electron chi connectivity index (χ2n) is 3.70. The summed E-state index contributed by atoms with van der Waals surface area (Å²) in [5.74, 6) is 1.93. The Kier molecular flexibility index (Phi) is 3.76. The zero-order valence-corrected chi connectivity index (χ0v) is 10.3. The number of carbonyl (C=O) groups is 1. The average molecular weight is 253 g/mol. The third-order valence-corrected chi connectivity index (χ3v) is 2.59. The molecule has 1 aliphatic rings. The van der Waals surface area contributed by atoms with Crippen molar-refractivity contribution in [3.05, 3.63) is 17.7 Å². The number of alkyl carbamates (subject to hydrolysis) is 1. The molecule has 1 amide bonds. The number of nitrogens with one attached hydrogen (secondary N) is 1. The van der Waals surface area contributed by atoms with Gasteiger partial charge in [-0.2, -0.15) is 0 Å². The van der Waals surface area contributed by atoms with Crippen LogP contribution < -0.4 is 19.5 Å². The van der Waals surface area contributed by atoms with E-state index in [1.54, 1.807) is 7.11 Å². The van der Waals surface area contributed by atoms with Crippen LogP contribution in [-0.4, -0.2) is 33.7 Å². The first kappa shape index (κ1) is 12.3. The van der Waals surface area contributed by atoms with Crippen molar-refractivity contribution in [3.63, 3.8) is 0 Å². The van der Waals surface area contributed by atoms with Crippen LogP contribution in [0.5, 0.6) is 17.2 Å². The largest absolute Gasteiger partial charge is 0.493 e. The highest BCUT2D eigenvalue weighted by Gasteiger charge is 2.19. The molecule has 0 saturated carbocycles. The number of carbonyl (C=O) groups excluding carboxylic acids is 1. The summed E-state index contributed by atoms with van der Waals surface area (Å²) < 4.78 is 20.3. The fourth-order valence-electron chi connectivity index (χ4n) is 1.71. The van der Waals surface area contributed by atoms with Gasteiger partial charge >= 0.3 is 6.09 Å². The summed E-state index contributed by atoms with van der Waals surface area (Å²) >= 11 is 0. The minimum Gasteiger partial charge on any atom is -0.493 e. The Balaban J connectivity index is 2.03. The van der Waals surface area contributed by atoms with Crippen molar-refractivity contribution >= 4 is 6.09 Å². The second-order valence-corrected chi connectivity index (χ2v) is 3.70. The Morgan fingerprint density at radius 1 is 1.39 bits per heavy atom. The first-order valence-electron chi connectivity index (χ1n) is 5.53. The molecule has 0 aromatic heterocycles. The summed E-state index contributed by atoms with van der Waals surface area (Å²) in [6, 6.07) is 3.75.